The van der Waals surface area contributed by atoms with E-state index < -0.39 is 11.2 Å². The monoisotopic (exact) mass is 366 g/mol. The molecule has 8 nitrogen and oxygen atoms in total. The van der Waals surface area contributed by atoms with Gasteiger partial charge in [-0.15, -0.1) is 0 Å². The molecular formula is C18H30N4O4. The van der Waals surface area contributed by atoms with E-state index in [1.807, 2.05) is 27.7 Å². The largest absolute Gasteiger partial charge is 0.393 e. The van der Waals surface area contributed by atoms with Crippen LogP contribution in [0.2, 0.25) is 0 Å². The zero-order chi connectivity index (χ0) is 20.0. The molecular weight excluding hydrogens is 336 g/mol. The molecule has 1 unspecified atom stereocenters. The molecule has 1 amide bonds. The molecule has 0 saturated heterocycles. The zero-order valence-electron chi connectivity index (χ0n) is 16.6. The van der Waals surface area contributed by atoms with Crippen molar-refractivity contribution < 1.29 is 9.63 Å². The number of carbonyl (C=O) groups is 1. The quantitative estimate of drug-likeness (QED) is 0.537. The Morgan fingerprint density at radius 2 is 1.85 bits per heavy atom. The topological polar surface area (TPSA) is 106 Å². The molecule has 0 fully saturated rings. The van der Waals surface area contributed by atoms with Crippen LogP contribution in [0.4, 0.5) is 0 Å². The molecule has 1 rings (SSSR count). The molecule has 1 aromatic rings. The van der Waals surface area contributed by atoms with Crippen LogP contribution in [0.15, 0.2) is 20.9 Å². The van der Waals surface area contributed by atoms with Crippen molar-refractivity contribution in [3.8, 4) is 0 Å². The summed E-state index contributed by atoms with van der Waals surface area (Å²) in [5.41, 5.74) is -0.364. The van der Waals surface area contributed by atoms with Crippen molar-refractivity contribution in [3.05, 3.63) is 32.6 Å². The number of hydrogen-bond donors (Lipinski definition) is 2. The minimum atomic E-state index is -0.527. The lowest BCUT2D eigenvalue weighted by Crippen LogP contribution is -2.48. The van der Waals surface area contributed by atoms with Crippen molar-refractivity contribution in [2.45, 2.75) is 67.2 Å². The number of aromatic nitrogens is 2. The highest BCUT2D eigenvalue weighted by atomic mass is 16.6. The van der Waals surface area contributed by atoms with Gasteiger partial charge in [-0.25, -0.2) is 4.79 Å². The summed E-state index contributed by atoms with van der Waals surface area (Å²) in [4.78, 5) is 44.7. The van der Waals surface area contributed by atoms with Gasteiger partial charge in [-0.3, -0.25) is 14.2 Å². The molecule has 26 heavy (non-hydrogen) atoms. The van der Waals surface area contributed by atoms with Crippen molar-refractivity contribution in [2.75, 3.05) is 0 Å². The molecule has 8 heteroatoms. The predicted molar refractivity (Wildman–Crippen MR) is 101 cm³/mol. The summed E-state index contributed by atoms with van der Waals surface area (Å²) in [6.45, 7) is 12.8. The first-order chi connectivity index (χ1) is 12.0. The number of hydrogen-bond acceptors (Lipinski definition) is 5. The van der Waals surface area contributed by atoms with E-state index >= 15 is 0 Å². The number of carbonyl (C=O) groups excluding carboxylic acids is 1. The minimum absolute atomic E-state index is 0.0479. The van der Waals surface area contributed by atoms with Gasteiger partial charge in [0, 0.05) is 18.2 Å². The van der Waals surface area contributed by atoms with Crippen LogP contribution in [-0.4, -0.2) is 33.3 Å². The molecule has 0 radical (unpaired) electrons. The summed E-state index contributed by atoms with van der Waals surface area (Å²) in [5, 5.41) is 6.82. The molecule has 1 atom stereocenters. The lowest BCUT2D eigenvalue weighted by Gasteiger charge is -2.24. The van der Waals surface area contributed by atoms with Gasteiger partial charge in [0.15, 0.2) is 0 Å². The van der Waals surface area contributed by atoms with Crippen LogP contribution in [-0.2, 0) is 16.2 Å². The Hall–Kier alpha value is -2.38. The van der Waals surface area contributed by atoms with Gasteiger partial charge in [-0.1, -0.05) is 32.9 Å². The summed E-state index contributed by atoms with van der Waals surface area (Å²) in [6, 6.07) is -0.344. The second-order valence-electron chi connectivity index (χ2n) is 7.27. The molecule has 0 aromatic carbocycles. The summed E-state index contributed by atoms with van der Waals surface area (Å²) in [7, 11) is 0. The van der Waals surface area contributed by atoms with Crippen LogP contribution in [0.25, 0.3) is 0 Å². The Bertz CT molecular complexity index is 759. The third-order valence-corrected chi connectivity index (χ3v) is 3.89. The van der Waals surface area contributed by atoms with Crippen molar-refractivity contribution in [2.24, 2.45) is 17.0 Å². The first-order valence-electron chi connectivity index (χ1n) is 8.88. The fourth-order valence-electron chi connectivity index (χ4n) is 2.14. The fourth-order valence-corrected chi connectivity index (χ4v) is 2.14. The highest BCUT2D eigenvalue weighted by Crippen LogP contribution is 2.05. The molecule has 1 aromatic heterocycles. The van der Waals surface area contributed by atoms with Crippen molar-refractivity contribution in [1.29, 1.82) is 0 Å². The van der Waals surface area contributed by atoms with Crippen molar-refractivity contribution in [1.82, 2.24) is 14.9 Å². The van der Waals surface area contributed by atoms with Crippen LogP contribution in [0.3, 0.4) is 0 Å². The second-order valence-corrected chi connectivity index (χ2v) is 7.27. The van der Waals surface area contributed by atoms with Crippen molar-refractivity contribution in [3.63, 3.8) is 0 Å². The van der Waals surface area contributed by atoms with E-state index in [2.05, 4.69) is 15.5 Å². The molecule has 0 spiro atoms. The lowest BCUT2D eigenvalue weighted by molar-refractivity contribution is -0.125. The molecule has 0 saturated carbocycles. The van der Waals surface area contributed by atoms with Gasteiger partial charge < -0.3 is 15.1 Å². The van der Waals surface area contributed by atoms with Gasteiger partial charge >= 0.3 is 5.69 Å². The number of amides is 1. The van der Waals surface area contributed by atoms with Gasteiger partial charge in [-0.05, 0) is 26.7 Å². The summed E-state index contributed by atoms with van der Waals surface area (Å²) in [5.74, 6) is -0.251. The fraction of sp³-hybridized carbons (Fsp3) is 0.667. The van der Waals surface area contributed by atoms with E-state index in [0.717, 1.165) is 4.57 Å². The van der Waals surface area contributed by atoms with Gasteiger partial charge in [0.05, 0.1) is 17.8 Å². The van der Waals surface area contributed by atoms with Gasteiger partial charge in [-0.2, -0.15) is 0 Å². The van der Waals surface area contributed by atoms with E-state index in [-0.39, 0.29) is 42.0 Å². The normalized spacial score (nSPS) is 13.4. The molecule has 0 aliphatic rings. The molecule has 0 aliphatic heterocycles. The highest BCUT2D eigenvalue weighted by molar-refractivity contribution is 5.97. The molecule has 1 heterocycles. The van der Waals surface area contributed by atoms with Crippen molar-refractivity contribution >= 4 is 11.6 Å². The zero-order valence-corrected chi connectivity index (χ0v) is 16.6. The molecule has 2 N–H and O–H groups in total. The third kappa shape index (κ3) is 5.86. The smallest absolute Gasteiger partial charge is 0.328 e. The predicted octanol–water partition coefficient (Wildman–Crippen LogP) is 1.48. The SMILES string of the molecule is CC(=NOC(C)C)c1c[nH]c(=O)n(CC(NC(=O)C(C)C)C(C)C)c1=O. The molecule has 0 bridgehead atoms. The lowest BCUT2D eigenvalue weighted by atomic mass is 10.0. The van der Waals surface area contributed by atoms with Gasteiger partial charge in [0.25, 0.3) is 5.56 Å². The summed E-state index contributed by atoms with van der Waals surface area (Å²) in [6.07, 6.45) is 1.22. The Balaban J connectivity index is 3.21. The maximum atomic E-state index is 12.7. The maximum Gasteiger partial charge on any atom is 0.328 e. The van der Waals surface area contributed by atoms with E-state index in [4.69, 9.17) is 4.84 Å². The van der Waals surface area contributed by atoms with E-state index in [1.54, 1.807) is 20.8 Å². The summed E-state index contributed by atoms with van der Waals surface area (Å²) >= 11 is 0. The van der Waals surface area contributed by atoms with E-state index in [9.17, 15) is 14.4 Å². The van der Waals surface area contributed by atoms with Crippen LogP contribution in [0, 0.1) is 11.8 Å². The van der Waals surface area contributed by atoms with Crippen LogP contribution < -0.4 is 16.6 Å². The molecule has 0 aliphatic carbocycles. The number of aromatic amines is 1. The number of nitrogens with zero attached hydrogens (tertiary/aromatic N) is 2. The number of rotatable bonds is 8. The number of H-pyrrole nitrogens is 1. The third-order valence-electron chi connectivity index (χ3n) is 3.89. The minimum Gasteiger partial charge on any atom is -0.393 e. The Morgan fingerprint density at radius 3 is 2.35 bits per heavy atom. The van der Waals surface area contributed by atoms with E-state index in [1.165, 1.54) is 6.20 Å². The Labute approximate surface area is 153 Å². The van der Waals surface area contributed by atoms with E-state index in [0.29, 0.717) is 5.71 Å². The average molecular weight is 366 g/mol. The number of oxime groups is 1. The van der Waals surface area contributed by atoms with Crippen LogP contribution in [0.1, 0.15) is 54.0 Å². The maximum absolute atomic E-state index is 12.7. The first kappa shape index (κ1) is 21.7. The molecule has 146 valence electrons. The second kappa shape index (κ2) is 9.35. The summed E-state index contributed by atoms with van der Waals surface area (Å²) < 4.78 is 1.09. The standard InChI is InChI=1S/C18H30N4O4/c1-10(2)15(20-16(23)11(3)4)9-22-17(24)14(8-19-18(22)25)13(7)21-26-12(5)6/h8,10-12,15H,9H2,1-7H3,(H,19,25)(H,20,23). The van der Waals surface area contributed by atoms with Gasteiger partial charge in [0.1, 0.15) is 6.10 Å². The highest BCUT2D eigenvalue weighted by Gasteiger charge is 2.21. The van der Waals surface area contributed by atoms with Crippen LogP contribution >= 0.6 is 0 Å². The number of nitrogens with one attached hydrogen (secondary N) is 2. The average Bonchev–Trinajstić information content (AvgIpc) is 2.54. The van der Waals surface area contributed by atoms with Gasteiger partial charge in [0.2, 0.25) is 5.91 Å². The van der Waals surface area contributed by atoms with Crippen LogP contribution in [0.5, 0.6) is 0 Å². The Morgan fingerprint density at radius 1 is 1.23 bits per heavy atom. The Kier molecular flexibility index (Phi) is 7.79. The first-order valence-corrected chi connectivity index (χ1v) is 8.88.